The van der Waals surface area contributed by atoms with Gasteiger partial charge in [0.15, 0.2) is 0 Å². The molecule has 0 bridgehead atoms. The van der Waals surface area contributed by atoms with Gasteiger partial charge in [-0.2, -0.15) is 0 Å². The van der Waals surface area contributed by atoms with E-state index in [9.17, 15) is 14.4 Å². The largest absolute Gasteiger partial charge is 0.480 e. The summed E-state index contributed by atoms with van der Waals surface area (Å²) in [5.41, 5.74) is 4.47. The third-order valence-electron chi connectivity index (χ3n) is 5.09. The maximum Gasteiger partial charge on any atom is 0.407 e. The molecule has 29 heavy (non-hydrogen) atoms. The number of carbonyl (C=O) groups excluding carboxylic acids is 2. The summed E-state index contributed by atoms with van der Waals surface area (Å²) >= 11 is 0. The fourth-order valence-electron chi connectivity index (χ4n) is 3.67. The van der Waals surface area contributed by atoms with Crippen LogP contribution in [0.15, 0.2) is 48.5 Å². The van der Waals surface area contributed by atoms with Crippen molar-refractivity contribution < 1.29 is 24.2 Å². The number of likely N-dealkylation sites (N-methyl/N-ethyl adjacent to an activating group) is 1. The number of carbonyl (C=O) groups is 3. The first kappa shape index (κ1) is 20.4. The zero-order valence-electron chi connectivity index (χ0n) is 16.4. The van der Waals surface area contributed by atoms with Gasteiger partial charge in [0.1, 0.15) is 19.2 Å². The zero-order valence-corrected chi connectivity index (χ0v) is 16.4. The molecule has 0 saturated carbocycles. The predicted octanol–water partition coefficient (Wildman–Crippen LogP) is 2.85. The molecule has 1 aliphatic carbocycles. The minimum absolute atomic E-state index is 0.0707. The molecule has 0 fully saturated rings. The second kappa shape index (κ2) is 8.77. The molecule has 0 spiro atoms. The van der Waals surface area contributed by atoms with Crippen LogP contribution < -0.4 is 5.32 Å². The molecule has 2 aromatic rings. The standard InChI is InChI=1S/C22H24N2O5/c1-3-19(21(27)24(2)12-20(25)26)23-22(28)29-13-18-16-10-6-4-8-14(16)15-9-5-7-11-17(15)18/h4-11,18-19H,3,12-13H2,1-2H3,(H,23,28)(H,25,26)/t19-/m1/s1. The Labute approximate surface area is 169 Å². The number of aliphatic carboxylic acids is 1. The van der Waals surface area contributed by atoms with Crippen LogP contribution in [0.25, 0.3) is 11.1 Å². The van der Waals surface area contributed by atoms with Crippen LogP contribution in [-0.2, 0) is 14.3 Å². The number of nitrogens with one attached hydrogen (secondary N) is 1. The Bertz CT molecular complexity index is 881. The van der Waals surface area contributed by atoms with Crippen molar-refractivity contribution >= 4 is 18.0 Å². The highest BCUT2D eigenvalue weighted by Crippen LogP contribution is 2.44. The van der Waals surface area contributed by atoms with Crippen molar-refractivity contribution in [2.24, 2.45) is 0 Å². The Kier molecular flexibility index (Phi) is 6.16. The number of carboxylic acid groups (broad SMARTS) is 1. The number of benzene rings is 2. The van der Waals surface area contributed by atoms with Gasteiger partial charge in [0.2, 0.25) is 5.91 Å². The van der Waals surface area contributed by atoms with Crippen molar-refractivity contribution in [2.75, 3.05) is 20.2 Å². The molecule has 0 saturated heterocycles. The van der Waals surface area contributed by atoms with E-state index in [2.05, 4.69) is 17.4 Å². The van der Waals surface area contributed by atoms with Gasteiger partial charge in [0, 0.05) is 13.0 Å². The van der Waals surface area contributed by atoms with Gasteiger partial charge in [0.25, 0.3) is 0 Å². The van der Waals surface area contributed by atoms with E-state index in [1.165, 1.54) is 7.05 Å². The third kappa shape index (κ3) is 4.39. The summed E-state index contributed by atoms with van der Waals surface area (Å²) in [4.78, 5) is 36.5. The number of ether oxygens (including phenoxy) is 1. The Balaban J connectivity index is 1.65. The zero-order chi connectivity index (χ0) is 21.0. The summed E-state index contributed by atoms with van der Waals surface area (Å²) in [5, 5.41) is 11.4. The summed E-state index contributed by atoms with van der Waals surface area (Å²) in [6.45, 7) is 1.46. The maximum atomic E-state index is 12.3. The van der Waals surface area contributed by atoms with E-state index in [-0.39, 0.29) is 12.5 Å². The molecule has 1 atom stereocenters. The van der Waals surface area contributed by atoms with Crippen molar-refractivity contribution in [1.82, 2.24) is 10.2 Å². The molecule has 2 aromatic carbocycles. The average Bonchev–Trinajstić information content (AvgIpc) is 3.03. The van der Waals surface area contributed by atoms with Gasteiger partial charge in [-0.05, 0) is 28.7 Å². The minimum Gasteiger partial charge on any atom is -0.480 e. The van der Waals surface area contributed by atoms with Crippen LogP contribution in [0.1, 0.15) is 30.4 Å². The summed E-state index contributed by atoms with van der Waals surface area (Å²) < 4.78 is 5.45. The van der Waals surface area contributed by atoms with E-state index in [0.717, 1.165) is 27.2 Å². The lowest BCUT2D eigenvalue weighted by Crippen LogP contribution is -2.48. The van der Waals surface area contributed by atoms with Crippen LogP contribution in [0.3, 0.4) is 0 Å². The monoisotopic (exact) mass is 396 g/mol. The van der Waals surface area contributed by atoms with Crippen LogP contribution in [0, 0.1) is 0 Å². The Hall–Kier alpha value is -3.35. The molecular weight excluding hydrogens is 372 g/mol. The first-order chi connectivity index (χ1) is 13.9. The molecule has 1 aliphatic rings. The van der Waals surface area contributed by atoms with Crippen LogP contribution >= 0.6 is 0 Å². The van der Waals surface area contributed by atoms with E-state index in [4.69, 9.17) is 9.84 Å². The molecule has 0 radical (unpaired) electrons. The van der Waals surface area contributed by atoms with Crippen molar-refractivity contribution in [3.05, 3.63) is 59.7 Å². The Morgan fingerprint density at radius 1 is 1.07 bits per heavy atom. The fraction of sp³-hybridized carbons (Fsp3) is 0.318. The van der Waals surface area contributed by atoms with Crippen LogP contribution in [0.2, 0.25) is 0 Å². The van der Waals surface area contributed by atoms with Crippen LogP contribution in [-0.4, -0.2) is 54.2 Å². The highest BCUT2D eigenvalue weighted by Gasteiger charge is 2.30. The van der Waals surface area contributed by atoms with Gasteiger partial charge in [-0.1, -0.05) is 55.5 Å². The van der Waals surface area contributed by atoms with Crippen molar-refractivity contribution in [2.45, 2.75) is 25.3 Å². The molecular formula is C22H24N2O5. The second-order valence-corrected chi connectivity index (χ2v) is 7.02. The van der Waals surface area contributed by atoms with Gasteiger partial charge in [-0.25, -0.2) is 4.79 Å². The number of fused-ring (bicyclic) bond motifs is 3. The summed E-state index contributed by atoms with van der Waals surface area (Å²) in [5.74, 6) is -1.65. The predicted molar refractivity (Wildman–Crippen MR) is 108 cm³/mol. The molecule has 0 unspecified atom stereocenters. The number of hydrogen-bond donors (Lipinski definition) is 2. The van der Waals surface area contributed by atoms with Gasteiger partial charge in [-0.15, -0.1) is 0 Å². The number of hydrogen-bond acceptors (Lipinski definition) is 4. The first-order valence-corrected chi connectivity index (χ1v) is 9.50. The number of amides is 2. The highest BCUT2D eigenvalue weighted by molar-refractivity contribution is 5.88. The first-order valence-electron chi connectivity index (χ1n) is 9.50. The summed E-state index contributed by atoms with van der Waals surface area (Å²) in [6.07, 6.45) is -0.372. The lowest BCUT2D eigenvalue weighted by molar-refractivity contribution is -0.144. The SMILES string of the molecule is CC[C@@H](NC(=O)OCC1c2ccccc2-c2ccccc21)C(=O)N(C)CC(=O)O. The quantitative estimate of drug-likeness (QED) is 0.750. The molecule has 152 valence electrons. The third-order valence-corrected chi connectivity index (χ3v) is 5.09. The smallest absolute Gasteiger partial charge is 0.407 e. The molecule has 0 aromatic heterocycles. The van der Waals surface area contributed by atoms with Crippen LogP contribution in [0.5, 0.6) is 0 Å². The fourth-order valence-corrected chi connectivity index (χ4v) is 3.67. The molecule has 7 heteroatoms. The van der Waals surface area contributed by atoms with Crippen LogP contribution in [0.4, 0.5) is 4.79 Å². The molecule has 2 amide bonds. The van der Waals surface area contributed by atoms with Crippen molar-refractivity contribution in [3.63, 3.8) is 0 Å². The van der Waals surface area contributed by atoms with E-state index in [0.29, 0.717) is 6.42 Å². The normalized spacial score (nSPS) is 13.2. The molecule has 3 rings (SSSR count). The van der Waals surface area contributed by atoms with Crippen molar-refractivity contribution in [1.29, 1.82) is 0 Å². The van der Waals surface area contributed by atoms with E-state index in [1.807, 2.05) is 36.4 Å². The molecule has 7 nitrogen and oxygen atoms in total. The van der Waals surface area contributed by atoms with Crippen molar-refractivity contribution in [3.8, 4) is 11.1 Å². The number of rotatable bonds is 7. The summed E-state index contributed by atoms with van der Waals surface area (Å²) in [7, 11) is 1.39. The number of alkyl carbamates (subject to hydrolysis) is 1. The summed E-state index contributed by atoms with van der Waals surface area (Å²) in [6, 6.07) is 15.2. The lowest BCUT2D eigenvalue weighted by Gasteiger charge is -2.22. The van der Waals surface area contributed by atoms with E-state index < -0.39 is 30.6 Å². The topological polar surface area (TPSA) is 95.9 Å². The molecule has 0 aliphatic heterocycles. The molecule has 2 N–H and O–H groups in total. The van der Waals surface area contributed by atoms with Gasteiger partial charge < -0.3 is 20.1 Å². The minimum atomic E-state index is -1.11. The van der Waals surface area contributed by atoms with Gasteiger partial charge in [-0.3, -0.25) is 9.59 Å². The van der Waals surface area contributed by atoms with E-state index >= 15 is 0 Å². The average molecular weight is 396 g/mol. The Morgan fingerprint density at radius 2 is 1.62 bits per heavy atom. The van der Waals surface area contributed by atoms with Gasteiger partial charge in [0.05, 0.1) is 0 Å². The maximum absolute atomic E-state index is 12.3. The lowest BCUT2D eigenvalue weighted by atomic mass is 9.98. The number of nitrogens with zero attached hydrogens (tertiary/aromatic N) is 1. The number of carboxylic acids is 1. The van der Waals surface area contributed by atoms with Gasteiger partial charge >= 0.3 is 12.1 Å². The molecule has 0 heterocycles. The Morgan fingerprint density at radius 3 is 2.14 bits per heavy atom. The van der Waals surface area contributed by atoms with E-state index in [1.54, 1.807) is 6.92 Å². The highest BCUT2D eigenvalue weighted by atomic mass is 16.5. The second-order valence-electron chi connectivity index (χ2n) is 7.02.